The number of rotatable bonds is 7. The maximum Gasteiger partial charge on any atom is 0.408 e. The Bertz CT molecular complexity index is 1150. The third-order valence-corrected chi connectivity index (χ3v) is 5.34. The van der Waals surface area contributed by atoms with E-state index in [4.69, 9.17) is 9.47 Å². The van der Waals surface area contributed by atoms with Gasteiger partial charge in [0.25, 0.3) is 0 Å². The SMILES string of the molecule is Cc1ccc2cc([C@@](CC(C)(C)C)(NC(=O)OCc3ccccc3)C(=O)OC(C)C)ccc2n1. The lowest BCUT2D eigenvalue weighted by molar-refractivity contribution is -0.157. The predicted octanol–water partition coefficient (Wildman–Crippen LogP) is 6.05. The van der Waals surface area contributed by atoms with E-state index < -0.39 is 17.6 Å². The minimum atomic E-state index is -1.44. The Morgan fingerprint density at radius 1 is 1.00 bits per heavy atom. The number of pyridine rings is 1. The monoisotopic (exact) mass is 462 g/mol. The van der Waals surface area contributed by atoms with Crippen molar-refractivity contribution in [3.8, 4) is 0 Å². The Morgan fingerprint density at radius 3 is 2.35 bits per heavy atom. The van der Waals surface area contributed by atoms with E-state index >= 15 is 0 Å². The quantitative estimate of drug-likeness (QED) is 0.432. The molecule has 0 bridgehead atoms. The van der Waals surface area contributed by atoms with Gasteiger partial charge in [0.1, 0.15) is 6.61 Å². The molecule has 0 aliphatic heterocycles. The normalized spacial score (nSPS) is 13.4. The van der Waals surface area contributed by atoms with E-state index in [1.807, 2.05) is 88.4 Å². The van der Waals surface area contributed by atoms with Crippen molar-refractivity contribution in [1.29, 1.82) is 0 Å². The number of hydrogen-bond acceptors (Lipinski definition) is 5. The average Bonchev–Trinajstić information content (AvgIpc) is 2.76. The van der Waals surface area contributed by atoms with E-state index in [0.717, 1.165) is 22.2 Å². The lowest BCUT2D eigenvalue weighted by atomic mass is 9.75. The molecule has 6 nitrogen and oxygen atoms in total. The number of fused-ring (bicyclic) bond motifs is 1. The fourth-order valence-corrected chi connectivity index (χ4v) is 4.00. The van der Waals surface area contributed by atoms with Crippen molar-refractivity contribution in [2.45, 2.75) is 66.2 Å². The zero-order valence-electron chi connectivity index (χ0n) is 20.8. The number of alkyl carbamates (subject to hydrolysis) is 1. The smallest absolute Gasteiger partial charge is 0.408 e. The number of ether oxygens (including phenoxy) is 2. The summed E-state index contributed by atoms with van der Waals surface area (Å²) in [5.74, 6) is -0.520. The third kappa shape index (κ3) is 6.34. The van der Waals surface area contributed by atoms with Gasteiger partial charge in [-0.25, -0.2) is 9.59 Å². The molecule has 0 radical (unpaired) electrons. The van der Waals surface area contributed by atoms with Gasteiger partial charge in [0, 0.05) is 11.1 Å². The molecule has 1 aromatic heterocycles. The number of aryl methyl sites for hydroxylation is 1. The molecule has 3 aromatic rings. The highest BCUT2D eigenvalue weighted by Crippen LogP contribution is 2.37. The topological polar surface area (TPSA) is 77.5 Å². The van der Waals surface area contributed by atoms with Crippen LogP contribution < -0.4 is 5.32 Å². The van der Waals surface area contributed by atoms with Crippen LogP contribution in [0, 0.1) is 12.3 Å². The lowest BCUT2D eigenvalue weighted by Crippen LogP contribution is -2.55. The Hall–Kier alpha value is -3.41. The number of amides is 1. The molecule has 180 valence electrons. The molecule has 0 unspecified atom stereocenters. The van der Waals surface area contributed by atoms with Crippen LogP contribution in [-0.2, 0) is 26.4 Å². The Balaban J connectivity index is 2.04. The summed E-state index contributed by atoms with van der Waals surface area (Å²) in [5.41, 5.74) is 1.46. The summed E-state index contributed by atoms with van der Waals surface area (Å²) >= 11 is 0. The summed E-state index contributed by atoms with van der Waals surface area (Å²) in [4.78, 5) is 31.2. The first kappa shape index (κ1) is 25.2. The fourth-order valence-electron chi connectivity index (χ4n) is 4.00. The van der Waals surface area contributed by atoms with Crippen LogP contribution in [-0.4, -0.2) is 23.2 Å². The zero-order valence-corrected chi connectivity index (χ0v) is 20.8. The van der Waals surface area contributed by atoms with Crippen molar-refractivity contribution in [2.24, 2.45) is 5.41 Å². The van der Waals surface area contributed by atoms with Gasteiger partial charge in [0.05, 0.1) is 11.6 Å². The Labute approximate surface area is 201 Å². The van der Waals surface area contributed by atoms with E-state index in [1.165, 1.54) is 0 Å². The molecule has 34 heavy (non-hydrogen) atoms. The number of esters is 1. The number of hydrogen-bond donors (Lipinski definition) is 1. The van der Waals surface area contributed by atoms with E-state index in [2.05, 4.69) is 10.3 Å². The molecule has 0 saturated heterocycles. The Kier molecular flexibility index (Phi) is 7.60. The lowest BCUT2D eigenvalue weighted by Gasteiger charge is -2.38. The van der Waals surface area contributed by atoms with Crippen molar-refractivity contribution in [1.82, 2.24) is 10.3 Å². The average molecular weight is 463 g/mol. The highest BCUT2D eigenvalue weighted by molar-refractivity contribution is 5.89. The molecule has 6 heteroatoms. The van der Waals surface area contributed by atoms with Crippen molar-refractivity contribution in [3.63, 3.8) is 0 Å². The molecule has 3 rings (SSSR count). The molecule has 1 heterocycles. The molecule has 0 spiro atoms. The van der Waals surface area contributed by atoms with E-state index in [9.17, 15) is 9.59 Å². The largest absolute Gasteiger partial charge is 0.461 e. The molecule has 0 saturated carbocycles. The summed E-state index contributed by atoms with van der Waals surface area (Å²) in [7, 11) is 0. The summed E-state index contributed by atoms with van der Waals surface area (Å²) in [6.45, 7) is 11.7. The highest BCUT2D eigenvalue weighted by atomic mass is 16.6. The van der Waals surface area contributed by atoms with Gasteiger partial charge in [0.2, 0.25) is 0 Å². The highest BCUT2D eigenvalue weighted by Gasteiger charge is 2.47. The second-order valence-corrected chi connectivity index (χ2v) is 10.1. The van der Waals surface area contributed by atoms with Crippen molar-refractivity contribution < 1.29 is 19.1 Å². The number of carbonyl (C=O) groups is 2. The van der Waals surface area contributed by atoms with Gasteiger partial charge in [-0.3, -0.25) is 4.98 Å². The molecule has 1 atom stereocenters. The van der Waals surface area contributed by atoms with Gasteiger partial charge in [-0.2, -0.15) is 0 Å². The molecule has 1 N–H and O–H groups in total. The molecular weight excluding hydrogens is 428 g/mol. The van der Waals surface area contributed by atoms with Gasteiger partial charge in [-0.05, 0) is 61.9 Å². The first-order valence-electron chi connectivity index (χ1n) is 11.6. The number of carbonyl (C=O) groups excluding carboxylic acids is 2. The van der Waals surface area contributed by atoms with Crippen LogP contribution in [0.1, 0.15) is 57.9 Å². The van der Waals surface area contributed by atoms with Crippen LogP contribution in [0.15, 0.2) is 60.7 Å². The zero-order chi connectivity index (χ0) is 24.9. The van der Waals surface area contributed by atoms with Gasteiger partial charge >= 0.3 is 12.1 Å². The number of nitrogens with zero attached hydrogens (tertiary/aromatic N) is 1. The molecule has 0 aliphatic carbocycles. The number of aromatic nitrogens is 1. The predicted molar refractivity (Wildman–Crippen MR) is 133 cm³/mol. The summed E-state index contributed by atoms with van der Waals surface area (Å²) in [5, 5.41) is 3.77. The maximum atomic E-state index is 13.6. The molecule has 0 fully saturated rings. The van der Waals surface area contributed by atoms with E-state index in [0.29, 0.717) is 12.0 Å². The summed E-state index contributed by atoms with van der Waals surface area (Å²) in [6.07, 6.45) is -0.716. The second-order valence-electron chi connectivity index (χ2n) is 10.1. The van der Waals surface area contributed by atoms with Gasteiger partial charge in [-0.1, -0.05) is 63.2 Å². The van der Waals surface area contributed by atoms with Crippen LogP contribution in [0.3, 0.4) is 0 Å². The van der Waals surface area contributed by atoms with Crippen LogP contribution in [0.2, 0.25) is 0 Å². The van der Waals surface area contributed by atoms with Crippen LogP contribution in [0.5, 0.6) is 0 Å². The Morgan fingerprint density at radius 2 is 1.71 bits per heavy atom. The number of nitrogens with one attached hydrogen (secondary N) is 1. The van der Waals surface area contributed by atoms with Crippen molar-refractivity contribution in [3.05, 3.63) is 77.5 Å². The summed E-state index contributed by atoms with van der Waals surface area (Å²) < 4.78 is 11.2. The molecule has 1 amide bonds. The molecule has 0 aliphatic rings. The first-order valence-corrected chi connectivity index (χ1v) is 11.6. The van der Waals surface area contributed by atoms with Crippen LogP contribution in [0.25, 0.3) is 10.9 Å². The van der Waals surface area contributed by atoms with E-state index in [-0.39, 0.29) is 18.1 Å². The minimum absolute atomic E-state index is 0.0957. The fraction of sp³-hybridized carbons (Fsp3) is 0.393. The first-order chi connectivity index (χ1) is 16.0. The third-order valence-electron chi connectivity index (χ3n) is 5.34. The minimum Gasteiger partial charge on any atom is -0.461 e. The maximum absolute atomic E-state index is 13.6. The van der Waals surface area contributed by atoms with Gasteiger partial charge < -0.3 is 14.8 Å². The van der Waals surface area contributed by atoms with E-state index in [1.54, 1.807) is 13.8 Å². The van der Waals surface area contributed by atoms with Crippen LogP contribution in [0.4, 0.5) is 4.79 Å². The second kappa shape index (κ2) is 10.2. The van der Waals surface area contributed by atoms with Crippen LogP contribution >= 0.6 is 0 Å². The van der Waals surface area contributed by atoms with Gasteiger partial charge in [0.15, 0.2) is 5.54 Å². The van der Waals surface area contributed by atoms with Crippen molar-refractivity contribution in [2.75, 3.05) is 0 Å². The number of benzene rings is 2. The summed E-state index contributed by atoms with van der Waals surface area (Å²) in [6, 6.07) is 18.9. The standard InChI is InChI=1S/C28H34N2O4/c1-19(2)34-25(31)28(18-27(4,5)6,30-26(32)33-17-21-10-8-7-9-11-21)23-14-15-24-22(16-23)13-12-20(3)29-24/h7-16,19H,17-18H2,1-6H3,(H,30,32)/t28-/m1/s1. The van der Waals surface area contributed by atoms with Gasteiger partial charge in [-0.15, -0.1) is 0 Å². The molecule has 2 aromatic carbocycles. The molecular formula is C28H34N2O4. The van der Waals surface area contributed by atoms with Crippen molar-refractivity contribution >= 4 is 23.0 Å².